The highest BCUT2D eigenvalue weighted by Gasteiger charge is 2.17. The molecule has 3 heterocycles. The molecule has 1 aromatic carbocycles. The van der Waals surface area contributed by atoms with Crippen LogP contribution < -0.4 is 5.32 Å². The number of allylic oxidation sites excluding steroid dienone is 1. The molecule has 7 nitrogen and oxygen atoms in total. The molecular weight excluding hydrogens is 401 g/mol. The molecule has 4 rings (SSSR count). The summed E-state index contributed by atoms with van der Waals surface area (Å²) in [5, 5.41) is 22.9. The van der Waals surface area contributed by atoms with Gasteiger partial charge in [-0.2, -0.15) is 4.98 Å². The van der Waals surface area contributed by atoms with Crippen molar-refractivity contribution in [2.24, 2.45) is 4.99 Å². The van der Waals surface area contributed by atoms with Crippen molar-refractivity contribution in [2.45, 2.75) is 6.04 Å². The minimum Gasteiger partial charge on any atom is -0.492 e. The number of imidazole rings is 1. The number of H-pyrrole nitrogens is 1. The zero-order valence-corrected chi connectivity index (χ0v) is 16.2. The van der Waals surface area contributed by atoms with Crippen LogP contribution in [-0.2, 0) is 0 Å². The van der Waals surface area contributed by atoms with Crippen molar-refractivity contribution in [3.63, 3.8) is 0 Å². The monoisotopic (exact) mass is 419 g/mol. The number of aromatic amines is 1. The van der Waals surface area contributed by atoms with Crippen LogP contribution in [0.3, 0.4) is 0 Å². The molecule has 0 radical (unpaired) electrons. The number of aromatic hydroxyl groups is 1. The SMILES string of the molecule is Cl.Cl.OCC(Nc1nc(O)c(C=C2C=Nc3ncccc32)[nH]1)c1ccccc1. The van der Waals surface area contributed by atoms with Crippen molar-refractivity contribution in [3.05, 3.63) is 65.5 Å². The lowest BCUT2D eigenvalue weighted by atomic mass is 10.1. The fourth-order valence-corrected chi connectivity index (χ4v) is 2.83. The minimum atomic E-state index is -0.333. The van der Waals surface area contributed by atoms with Gasteiger partial charge >= 0.3 is 0 Å². The molecule has 0 saturated carbocycles. The molecule has 1 aliphatic rings. The van der Waals surface area contributed by atoms with Crippen molar-refractivity contribution in [3.8, 4) is 5.88 Å². The van der Waals surface area contributed by atoms with Crippen LogP contribution >= 0.6 is 24.8 Å². The number of aliphatic imine (C=N–C) groups is 1. The summed E-state index contributed by atoms with van der Waals surface area (Å²) >= 11 is 0. The predicted octanol–water partition coefficient (Wildman–Crippen LogP) is 3.76. The molecule has 2 aromatic heterocycles. The van der Waals surface area contributed by atoms with E-state index in [9.17, 15) is 10.2 Å². The van der Waals surface area contributed by atoms with E-state index in [4.69, 9.17) is 0 Å². The molecule has 3 aromatic rings. The van der Waals surface area contributed by atoms with Crippen LogP contribution in [0.15, 0.2) is 53.7 Å². The molecular formula is C19H19Cl2N5O2. The highest BCUT2D eigenvalue weighted by atomic mass is 35.5. The Kier molecular flexibility index (Phi) is 7.17. The molecule has 0 saturated heterocycles. The van der Waals surface area contributed by atoms with E-state index in [0.717, 1.165) is 16.7 Å². The molecule has 9 heteroatoms. The van der Waals surface area contributed by atoms with Gasteiger partial charge in [0.05, 0.1) is 12.6 Å². The Morgan fingerprint density at radius 2 is 1.89 bits per heavy atom. The lowest BCUT2D eigenvalue weighted by Gasteiger charge is -2.15. The van der Waals surface area contributed by atoms with Crippen LogP contribution in [-0.4, -0.2) is 38.0 Å². The summed E-state index contributed by atoms with van der Waals surface area (Å²) in [6.07, 6.45) is 5.15. The van der Waals surface area contributed by atoms with E-state index in [-0.39, 0.29) is 43.3 Å². The van der Waals surface area contributed by atoms with Crippen LogP contribution in [0.2, 0.25) is 0 Å². The second-order valence-corrected chi connectivity index (χ2v) is 5.85. The summed E-state index contributed by atoms with van der Waals surface area (Å²) < 4.78 is 0. The Morgan fingerprint density at radius 1 is 1.11 bits per heavy atom. The predicted molar refractivity (Wildman–Crippen MR) is 115 cm³/mol. The average molecular weight is 420 g/mol. The number of aromatic nitrogens is 3. The van der Waals surface area contributed by atoms with Crippen LogP contribution in [0.4, 0.5) is 11.8 Å². The number of aliphatic hydroxyl groups excluding tert-OH is 1. The highest BCUT2D eigenvalue weighted by Crippen LogP contribution is 2.32. The molecule has 1 unspecified atom stereocenters. The van der Waals surface area contributed by atoms with E-state index in [1.165, 1.54) is 0 Å². The van der Waals surface area contributed by atoms with Crippen LogP contribution in [0.25, 0.3) is 11.6 Å². The van der Waals surface area contributed by atoms with E-state index < -0.39 is 0 Å². The number of anilines is 1. The first-order valence-corrected chi connectivity index (χ1v) is 8.17. The molecule has 28 heavy (non-hydrogen) atoms. The largest absolute Gasteiger partial charge is 0.492 e. The van der Waals surface area contributed by atoms with Gasteiger partial charge in [-0.05, 0) is 23.8 Å². The molecule has 1 aliphatic heterocycles. The maximum atomic E-state index is 10.1. The van der Waals surface area contributed by atoms with Gasteiger partial charge in [-0.15, -0.1) is 24.8 Å². The number of aliphatic hydroxyl groups is 1. The lowest BCUT2D eigenvalue weighted by Crippen LogP contribution is -2.15. The van der Waals surface area contributed by atoms with E-state index >= 15 is 0 Å². The maximum Gasteiger partial charge on any atom is 0.238 e. The van der Waals surface area contributed by atoms with Gasteiger partial charge < -0.3 is 20.5 Å². The fourth-order valence-electron chi connectivity index (χ4n) is 2.83. The van der Waals surface area contributed by atoms with Crippen LogP contribution in [0.1, 0.15) is 22.9 Å². The van der Waals surface area contributed by atoms with Gasteiger partial charge in [0, 0.05) is 23.5 Å². The molecule has 0 spiro atoms. The van der Waals surface area contributed by atoms with Gasteiger partial charge in [-0.3, -0.25) is 0 Å². The summed E-state index contributed by atoms with van der Waals surface area (Å²) in [5.74, 6) is 0.898. The first kappa shape index (κ1) is 21.4. The number of halogens is 2. The summed E-state index contributed by atoms with van der Waals surface area (Å²) in [6.45, 7) is -0.104. The normalized spacial score (nSPS) is 14.1. The van der Waals surface area contributed by atoms with E-state index in [1.54, 1.807) is 18.5 Å². The molecule has 146 valence electrons. The minimum absolute atomic E-state index is 0. The number of fused-ring (bicyclic) bond motifs is 1. The smallest absolute Gasteiger partial charge is 0.238 e. The Balaban J connectivity index is 0.00000140. The van der Waals surface area contributed by atoms with Crippen molar-refractivity contribution >= 4 is 54.4 Å². The number of hydrogen-bond acceptors (Lipinski definition) is 6. The third-order valence-corrected chi connectivity index (χ3v) is 4.13. The zero-order valence-electron chi connectivity index (χ0n) is 14.6. The summed E-state index contributed by atoms with van der Waals surface area (Å²) in [6, 6.07) is 13.0. The number of nitrogens with zero attached hydrogens (tertiary/aromatic N) is 3. The number of pyridine rings is 1. The van der Waals surface area contributed by atoms with Crippen molar-refractivity contribution in [1.29, 1.82) is 0 Å². The molecule has 0 amide bonds. The van der Waals surface area contributed by atoms with Crippen molar-refractivity contribution < 1.29 is 10.2 Å². The Hall–Kier alpha value is -2.87. The second-order valence-electron chi connectivity index (χ2n) is 5.85. The highest BCUT2D eigenvalue weighted by molar-refractivity contribution is 6.20. The maximum absolute atomic E-state index is 10.1. The molecule has 0 fully saturated rings. The van der Waals surface area contributed by atoms with Gasteiger partial charge in [-0.25, -0.2) is 9.98 Å². The van der Waals surface area contributed by atoms with E-state index in [0.29, 0.717) is 17.5 Å². The zero-order chi connectivity index (χ0) is 17.9. The summed E-state index contributed by atoms with van der Waals surface area (Å²) in [4.78, 5) is 15.6. The van der Waals surface area contributed by atoms with E-state index in [1.807, 2.05) is 42.5 Å². The standard InChI is InChI=1S/C19H17N5O2.2ClH/c25-11-16(12-5-2-1-3-6-12)23-19-22-15(18(26)24-19)9-13-10-21-17-14(13)7-4-8-20-17;;/h1-10,16,25-26H,11H2,(H2,22,23,24);2*1H. The first-order chi connectivity index (χ1) is 12.7. The van der Waals surface area contributed by atoms with Crippen molar-refractivity contribution in [1.82, 2.24) is 15.0 Å². The van der Waals surface area contributed by atoms with Gasteiger partial charge in [0.1, 0.15) is 5.69 Å². The van der Waals surface area contributed by atoms with E-state index in [2.05, 4.69) is 25.3 Å². The second kappa shape index (κ2) is 9.36. The van der Waals surface area contributed by atoms with Gasteiger partial charge in [0.2, 0.25) is 11.8 Å². The Morgan fingerprint density at radius 3 is 2.64 bits per heavy atom. The van der Waals surface area contributed by atoms with Crippen LogP contribution in [0, 0.1) is 0 Å². The third kappa shape index (κ3) is 4.33. The molecule has 1 atom stereocenters. The number of rotatable bonds is 5. The molecule has 4 N–H and O–H groups in total. The Labute approximate surface area is 174 Å². The Bertz CT molecular complexity index is 989. The van der Waals surface area contributed by atoms with Gasteiger partial charge in [-0.1, -0.05) is 30.3 Å². The van der Waals surface area contributed by atoms with Gasteiger partial charge in [0.15, 0.2) is 5.82 Å². The number of nitrogens with one attached hydrogen (secondary N) is 2. The van der Waals surface area contributed by atoms with Crippen molar-refractivity contribution in [2.75, 3.05) is 11.9 Å². The molecule has 0 aliphatic carbocycles. The third-order valence-electron chi connectivity index (χ3n) is 4.13. The first-order valence-electron chi connectivity index (χ1n) is 8.17. The summed E-state index contributed by atoms with van der Waals surface area (Å²) in [7, 11) is 0. The fraction of sp³-hybridized carbons (Fsp3) is 0.105. The number of benzene rings is 1. The average Bonchev–Trinajstić information content (AvgIpc) is 3.24. The topological polar surface area (TPSA) is 106 Å². The molecule has 0 bridgehead atoms. The number of hydrogen-bond donors (Lipinski definition) is 4. The lowest BCUT2D eigenvalue weighted by molar-refractivity contribution is 0.276. The quantitative estimate of drug-likeness (QED) is 0.503. The summed E-state index contributed by atoms with van der Waals surface area (Å²) in [5.41, 5.74) is 3.11. The van der Waals surface area contributed by atoms with Gasteiger partial charge in [0.25, 0.3) is 0 Å². The van der Waals surface area contributed by atoms with Crippen LogP contribution in [0.5, 0.6) is 5.88 Å².